The summed E-state index contributed by atoms with van der Waals surface area (Å²) in [5, 5.41) is 9.15. The third-order valence-electron chi connectivity index (χ3n) is 4.42. The monoisotopic (exact) mass is 406 g/mol. The molecular formula is C16H18F4N4O4. The van der Waals surface area contributed by atoms with E-state index in [1.165, 1.54) is 12.5 Å². The number of hydrogen-bond donors (Lipinski definition) is 0. The van der Waals surface area contributed by atoms with Gasteiger partial charge in [-0.1, -0.05) is 5.16 Å². The standard InChI is InChI=1S/C16H18F4N4O4/c17-15(18)26-10-12-13(22-28-21-12)14(25)23(24-7-1-2-8-27-24)9-11-3-5-16(19,20)6-4-11/h1-2,7-8,11,15H,3-6,9-10H2. The zero-order valence-electron chi connectivity index (χ0n) is 14.6. The number of hydroxylamine groups is 1. The Morgan fingerprint density at radius 1 is 1.32 bits per heavy atom. The van der Waals surface area contributed by atoms with Crippen LogP contribution in [0.15, 0.2) is 29.2 Å². The van der Waals surface area contributed by atoms with Gasteiger partial charge in [0.1, 0.15) is 18.6 Å². The Morgan fingerprint density at radius 3 is 2.71 bits per heavy atom. The molecule has 3 rings (SSSR count). The molecule has 0 bridgehead atoms. The lowest BCUT2D eigenvalue weighted by molar-refractivity contribution is -0.196. The lowest BCUT2D eigenvalue weighted by atomic mass is 9.86. The Bertz CT molecular complexity index is 730. The fourth-order valence-corrected chi connectivity index (χ4v) is 2.95. The molecule has 1 saturated carbocycles. The van der Waals surface area contributed by atoms with Gasteiger partial charge in [0.05, 0.1) is 6.20 Å². The summed E-state index contributed by atoms with van der Waals surface area (Å²) < 4.78 is 60.0. The number of alkyl halides is 4. The van der Waals surface area contributed by atoms with Crippen LogP contribution in [0.1, 0.15) is 41.9 Å². The summed E-state index contributed by atoms with van der Waals surface area (Å²) in [6, 6.07) is 0. The van der Waals surface area contributed by atoms with Crippen molar-refractivity contribution >= 4 is 5.91 Å². The first kappa shape index (κ1) is 20.1. The van der Waals surface area contributed by atoms with Gasteiger partial charge in [0.15, 0.2) is 5.69 Å². The highest BCUT2D eigenvalue weighted by Gasteiger charge is 2.38. The summed E-state index contributed by atoms with van der Waals surface area (Å²) in [6.07, 6.45) is 5.85. The molecule has 154 valence electrons. The summed E-state index contributed by atoms with van der Waals surface area (Å²) in [5.41, 5.74) is -0.532. The molecule has 2 aliphatic rings. The molecule has 8 nitrogen and oxygen atoms in total. The van der Waals surface area contributed by atoms with Crippen LogP contribution in [0, 0.1) is 5.92 Å². The van der Waals surface area contributed by atoms with Crippen LogP contribution < -0.4 is 0 Å². The van der Waals surface area contributed by atoms with E-state index in [1.54, 1.807) is 12.2 Å². The molecule has 1 aliphatic carbocycles. The maximum atomic E-state index is 13.4. The van der Waals surface area contributed by atoms with Crippen molar-refractivity contribution in [1.29, 1.82) is 0 Å². The van der Waals surface area contributed by atoms with Crippen molar-refractivity contribution in [2.24, 2.45) is 5.92 Å². The summed E-state index contributed by atoms with van der Waals surface area (Å²) in [6.45, 7) is -3.67. The number of aromatic nitrogens is 2. The van der Waals surface area contributed by atoms with Gasteiger partial charge in [-0.05, 0) is 36.1 Å². The van der Waals surface area contributed by atoms with E-state index in [0.717, 1.165) is 10.2 Å². The smallest absolute Gasteiger partial charge is 0.345 e. The van der Waals surface area contributed by atoms with Gasteiger partial charge in [0.2, 0.25) is 5.92 Å². The van der Waals surface area contributed by atoms with Crippen LogP contribution in [-0.2, 0) is 16.2 Å². The number of halogens is 4. The van der Waals surface area contributed by atoms with Gasteiger partial charge in [0, 0.05) is 19.4 Å². The summed E-state index contributed by atoms with van der Waals surface area (Å²) in [7, 11) is 0. The zero-order valence-corrected chi connectivity index (χ0v) is 14.6. The van der Waals surface area contributed by atoms with Gasteiger partial charge in [-0.2, -0.15) is 8.78 Å². The first-order valence-corrected chi connectivity index (χ1v) is 8.56. The highest BCUT2D eigenvalue weighted by Crippen LogP contribution is 2.36. The molecule has 2 heterocycles. The molecular weight excluding hydrogens is 388 g/mol. The average Bonchev–Trinajstić information content (AvgIpc) is 3.14. The quantitative estimate of drug-likeness (QED) is 0.643. The lowest BCUT2D eigenvalue weighted by Crippen LogP contribution is -2.47. The van der Waals surface area contributed by atoms with Crippen LogP contribution in [0.2, 0.25) is 0 Å². The molecule has 12 heteroatoms. The van der Waals surface area contributed by atoms with Gasteiger partial charge in [-0.25, -0.2) is 18.4 Å². The maximum absolute atomic E-state index is 13.4. The van der Waals surface area contributed by atoms with Crippen LogP contribution in [0.4, 0.5) is 17.6 Å². The van der Waals surface area contributed by atoms with Gasteiger partial charge in [0.25, 0.3) is 5.91 Å². The third kappa shape index (κ3) is 5.00. The van der Waals surface area contributed by atoms with Gasteiger partial charge in [-0.3, -0.25) is 4.79 Å². The molecule has 1 aromatic rings. The lowest BCUT2D eigenvalue weighted by Gasteiger charge is -2.36. The number of carbonyl (C=O) groups is 1. The van der Waals surface area contributed by atoms with Gasteiger partial charge < -0.3 is 9.57 Å². The van der Waals surface area contributed by atoms with E-state index in [0.29, 0.717) is 0 Å². The van der Waals surface area contributed by atoms with E-state index in [-0.39, 0.29) is 49.5 Å². The number of allylic oxidation sites excluding steroid dienone is 2. The normalized spacial score (nSPS) is 19.1. The molecule has 0 aromatic carbocycles. The molecule has 28 heavy (non-hydrogen) atoms. The van der Waals surface area contributed by atoms with E-state index < -0.39 is 25.0 Å². The largest absolute Gasteiger partial charge is 0.367 e. The first-order chi connectivity index (χ1) is 13.4. The second-order valence-corrected chi connectivity index (χ2v) is 6.40. The first-order valence-electron chi connectivity index (χ1n) is 8.56. The third-order valence-corrected chi connectivity index (χ3v) is 4.42. The number of hydrogen-bond acceptors (Lipinski definition) is 7. The number of rotatable bonds is 7. The fraction of sp³-hybridized carbons (Fsp3) is 0.562. The molecule has 0 spiro atoms. The molecule has 1 aromatic heterocycles. The minimum Gasteiger partial charge on any atom is -0.367 e. The van der Waals surface area contributed by atoms with Crippen molar-refractivity contribution in [2.75, 3.05) is 6.54 Å². The minimum absolute atomic E-state index is 0.0646. The Balaban J connectivity index is 1.75. The Morgan fingerprint density at radius 2 is 2.07 bits per heavy atom. The Labute approximate surface area is 157 Å². The minimum atomic E-state index is -3.06. The van der Waals surface area contributed by atoms with Crippen molar-refractivity contribution in [3.05, 3.63) is 36.0 Å². The van der Waals surface area contributed by atoms with Crippen molar-refractivity contribution in [3.63, 3.8) is 0 Å². The van der Waals surface area contributed by atoms with Crippen molar-refractivity contribution < 1.29 is 36.6 Å². The topological polar surface area (TPSA) is 80.9 Å². The predicted molar refractivity (Wildman–Crippen MR) is 84.2 cm³/mol. The fourth-order valence-electron chi connectivity index (χ4n) is 2.95. The predicted octanol–water partition coefficient (Wildman–Crippen LogP) is 3.27. The second-order valence-electron chi connectivity index (χ2n) is 6.40. The number of hydrazine groups is 1. The highest BCUT2D eigenvalue weighted by molar-refractivity contribution is 5.92. The van der Waals surface area contributed by atoms with Crippen molar-refractivity contribution in [2.45, 2.75) is 44.8 Å². The van der Waals surface area contributed by atoms with Gasteiger partial charge >= 0.3 is 6.61 Å². The molecule has 0 atom stereocenters. The molecule has 1 fully saturated rings. The van der Waals surface area contributed by atoms with Crippen LogP contribution in [0.3, 0.4) is 0 Å². The number of carbonyl (C=O) groups excluding carboxylic acids is 1. The highest BCUT2D eigenvalue weighted by atomic mass is 19.3. The van der Waals surface area contributed by atoms with E-state index >= 15 is 0 Å². The number of amides is 1. The maximum Gasteiger partial charge on any atom is 0.345 e. The molecule has 1 aliphatic heterocycles. The SMILES string of the molecule is O=C(c1nonc1COC(F)F)N(CC1CCC(F)(F)CC1)N1C=CC=CO1. The van der Waals surface area contributed by atoms with E-state index in [1.807, 2.05) is 0 Å². The average molecular weight is 406 g/mol. The molecule has 0 unspecified atom stereocenters. The van der Waals surface area contributed by atoms with Crippen LogP contribution in [-0.4, -0.2) is 45.5 Å². The van der Waals surface area contributed by atoms with Gasteiger partial charge in [-0.15, -0.1) is 5.17 Å². The molecule has 1 amide bonds. The molecule has 0 N–H and O–H groups in total. The van der Waals surface area contributed by atoms with Crippen LogP contribution >= 0.6 is 0 Å². The van der Waals surface area contributed by atoms with Crippen LogP contribution in [0.25, 0.3) is 0 Å². The number of nitrogens with zero attached hydrogens (tertiary/aromatic N) is 4. The number of ether oxygens (including phenoxy) is 1. The zero-order chi connectivity index (χ0) is 20.1. The summed E-state index contributed by atoms with van der Waals surface area (Å²) in [4.78, 5) is 18.2. The van der Waals surface area contributed by atoms with E-state index in [2.05, 4.69) is 19.7 Å². The van der Waals surface area contributed by atoms with Crippen LogP contribution in [0.5, 0.6) is 0 Å². The molecule has 0 radical (unpaired) electrons. The molecule has 0 saturated heterocycles. The summed E-state index contributed by atoms with van der Waals surface area (Å²) >= 11 is 0. The van der Waals surface area contributed by atoms with Crippen molar-refractivity contribution in [3.8, 4) is 0 Å². The Kier molecular flexibility index (Phi) is 6.17. The van der Waals surface area contributed by atoms with E-state index in [4.69, 9.17) is 4.84 Å². The second kappa shape index (κ2) is 8.59. The van der Waals surface area contributed by atoms with Crippen molar-refractivity contribution in [1.82, 2.24) is 20.5 Å². The summed E-state index contributed by atoms with van der Waals surface area (Å²) in [5.74, 6) is -3.65. The Hall–Kier alpha value is -2.63. The van der Waals surface area contributed by atoms with E-state index in [9.17, 15) is 22.4 Å².